The minimum atomic E-state index is -0.136. The van der Waals surface area contributed by atoms with Crippen molar-refractivity contribution in [3.05, 3.63) is 49.6 Å². The molecule has 1 amide bonds. The van der Waals surface area contributed by atoms with Gasteiger partial charge in [-0.3, -0.25) is 4.79 Å². The number of nitrogens with one attached hydrogen (secondary N) is 1. The summed E-state index contributed by atoms with van der Waals surface area (Å²) in [6, 6.07) is 7.69. The predicted octanol–water partition coefficient (Wildman–Crippen LogP) is 5.61. The first-order chi connectivity index (χ1) is 9.38. The molecule has 3 nitrogen and oxygen atoms in total. The first kappa shape index (κ1) is 15.8. The van der Waals surface area contributed by atoms with E-state index in [-0.39, 0.29) is 11.9 Å². The van der Waals surface area contributed by atoms with Gasteiger partial charge >= 0.3 is 0 Å². The smallest absolute Gasteiger partial charge is 0.272 e. The lowest BCUT2D eigenvalue weighted by atomic mass is 10.3. The van der Waals surface area contributed by atoms with Gasteiger partial charge in [-0.15, -0.1) is 0 Å². The van der Waals surface area contributed by atoms with Crippen LogP contribution in [0, 0.1) is 0 Å². The van der Waals surface area contributed by atoms with Gasteiger partial charge < -0.3 is 9.88 Å². The van der Waals surface area contributed by atoms with Gasteiger partial charge in [0.15, 0.2) is 0 Å². The van der Waals surface area contributed by atoms with Gasteiger partial charge in [0.1, 0.15) is 5.69 Å². The summed E-state index contributed by atoms with van der Waals surface area (Å²) in [7, 11) is 0. The van der Waals surface area contributed by atoms with E-state index in [1.54, 1.807) is 0 Å². The van der Waals surface area contributed by atoms with Gasteiger partial charge in [0.05, 0.1) is 5.69 Å². The zero-order valence-corrected chi connectivity index (χ0v) is 15.7. The highest BCUT2D eigenvalue weighted by molar-refractivity contribution is 9.11. The van der Waals surface area contributed by atoms with E-state index in [0.29, 0.717) is 5.69 Å². The van der Waals surface area contributed by atoms with Gasteiger partial charge in [0.25, 0.3) is 5.91 Å². The standard InChI is InChI=1S/C14H13Br3N2O/c1-8(2)19-7-10(16)6-13(19)14(20)18-12-5-9(15)3-4-11(12)17/h3-8H,1-2H3,(H,18,20). The number of anilines is 1. The Labute approximate surface area is 143 Å². The number of amides is 1. The number of carbonyl (C=O) groups is 1. The highest BCUT2D eigenvalue weighted by atomic mass is 79.9. The van der Waals surface area contributed by atoms with E-state index in [2.05, 4.69) is 53.1 Å². The van der Waals surface area contributed by atoms with E-state index in [1.165, 1.54) is 0 Å². The molecule has 2 rings (SSSR count). The predicted molar refractivity (Wildman–Crippen MR) is 92.3 cm³/mol. The molecule has 0 aliphatic heterocycles. The minimum absolute atomic E-state index is 0.136. The molecule has 6 heteroatoms. The van der Waals surface area contributed by atoms with Crippen molar-refractivity contribution < 1.29 is 4.79 Å². The fourth-order valence-corrected chi connectivity index (χ4v) is 2.98. The number of benzene rings is 1. The second-order valence-corrected chi connectivity index (χ2v) is 7.31. The quantitative estimate of drug-likeness (QED) is 0.629. The average molecular weight is 465 g/mol. The summed E-state index contributed by atoms with van der Waals surface area (Å²) < 4.78 is 4.59. The molecule has 0 fully saturated rings. The van der Waals surface area contributed by atoms with Crippen molar-refractivity contribution in [2.45, 2.75) is 19.9 Å². The second-order valence-electron chi connectivity index (χ2n) is 4.62. The van der Waals surface area contributed by atoms with Crippen LogP contribution in [-0.4, -0.2) is 10.5 Å². The maximum atomic E-state index is 12.4. The lowest BCUT2D eigenvalue weighted by molar-refractivity contribution is 0.101. The van der Waals surface area contributed by atoms with Crippen molar-refractivity contribution in [2.75, 3.05) is 5.32 Å². The molecule has 106 valence electrons. The van der Waals surface area contributed by atoms with Crippen LogP contribution in [0.5, 0.6) is 0 Å². The van der Waals surface area contributed by atoms with E-state index >= 15 is 0 Å². The molecule has 1 aromatic carbocycles. The van der Waals surface area contributed by atoms with Gasteiger partial charge in [-0.2, -0.15) is 0 Å². The highest BCUT2D eigenvalue weighted by Crippen LogP contribution is 2.27. The van der Waals surface area contributed by atoms with Gasteiger partial charge in [-0.1, -0.05) is 15.9 Å². The average Bonchev–Trinajstić information content (AvgIpc) is 2.76. The van der Waals surface area contributed by atoms with Gasteiger partial charge in [0.2, 0.25) is 0 Å². The Hall–Kier alpha value is -0.590. The molecule has 0 atom stereocenters. The molecule has 0 spiro atoms. The number of rotatable bonds is 3. The fraction of sp³-hybridized carbons (Fsp3) is 0.214. The van der Waals surface area contributed by atoms with E-state index in [0.717, 1.165) is 19.1 Å². The minimum Gasteiger partial charge on any atom is -0.340 e. The Morgan fingerprint density at radius 1 is 1.15 bits per heavy atom. The Balaban J connectivity index is 2.31. The zero-order valence-electron chi connectivity index (χ0n) is 11.0. The summed E-state index contributed by atoms with van der Waals surface area (Å²) in [4.78, 5) is 12.4. The summed E-state index contributed by atoms with van der Waals surface area (Å²) in [6.45, 7) is 4.08. The van der Waals surface area contributed by atoms with Crippen LogP contribution in [-0.2, 0) is 0 Å². The second kappa shape index (κ2) is 6.45. The number of carbonyl (C=O) groups excluding carboxylic acids is 1. The van der Waals surface area contributed by atoms with Crippen molar-refractivity contribution >= 4 is 59.4 Å². The van der Waals surface area contributed by atoms with Crippen LogP contribution in [0.4, 0.5) is 5.69 Å². The molecule has 0 unspecified atom stereocenters. The monoisotopic (exact) mass is 462 g/mol. The summed E-state index contributed by atoms with van der Waals surface area (Å²) in [5.41, 5.74) is 1.36. The first-order valence-electron chi connectivity index (χ1n) is 6.02. The summed E-state index contributed by atoms with van der Waals surface area (Å²) in [5, 5.41) is 2.92. The van der Waals surface area contributed by atoms with Crippen LogP contribution in [0.25, 0.3) is 0 Å². The van der Waals surface area contributed by atoms with Gasteiger partial charge in [-0.05, 0) is 70.0 Å². The fourth-order valence-electron chi connectivity index (χ4n) is 1.83. The molecule has 0 radical (unpaired) electrons. The van der Waals surface area contributed by atoms with Crippen molar-refractivity contribution in [3.8, 4) is 0 Å². The van der Waals surface area contributed by atoms with Crippen LogP contribution in [0.3, 0.4) is 0 Å². The molecule has 1 N–H and O–H groups in total. The van der Waals surface area contributed by atoms with E-state index < -0.39 is 0 Å². The lowest BCUT2D eigenvalue weighted by Crippen LogP contribution is -2.18. The van der Waals surface area contributed by atoms with E-state index in [1.807, 2.05) is 48.9 Å². The van der Waals surface area contributed by atoms with Gasteiger partial charge in [0, 0.05) is 25.7 Å². The molecule has 0 aliphatic rings. The molecular formula is C14H13Br3N2O. The summed E-state index contributed by atoms with van der Waals surface area (Å²) in [5.74, 6) is -0.136. The molecular weight excluding hydrogens is 452 g/mol. The Morgan fingerprint density at radius 3 is 2.50 bits per heavy atom. The maximum absolute atomic E-state index is 12.4. The topological polar surface area (TPSA) is 34.0 Å². The third-order valence-electron chi connectivity index (χ3n) is 2.78. The molecule has 0 saturated carbocycles. The van der Waals surface area contributed by atoms with E-state index in [4.69, 9.17) is 0 Å². The van der Waals surface area contributed by atoms with Crippen LogP contribution < -0.4 is 5.32 Å². The number of hydrogen-bond donors (Lipinski definition) is 1. The molecule has 1 heterocycles. The normalized spacial score (nSPS) is 10.9. The first-order valence-corrected chi connectivity index (χ1v) is 8.40. The molecule has 20 heavy (non-hydrogen) atoms. The maximum Gasteiger partial charge on any atom is 0.272 e. The van der Waals surface area contributed by atoms with Gasteiger partial charge in [-0.25, -0.2) is 0 Å². The Kier molecular flexibility index (Phi) is 5.09. The third-order valence-corrected chi connectivity index (χ3v) is 4.40. The van der Waals surface area contributed by atoms with Crippen LogP contribution in [0.1, 0.15) is 30.4 Å². The van der Waals surface area contributed by atoms with Crippen molar-refractivity contribution in [2.24, 2.45) is 0 Å². The third kappa shape index (κ3) is 3.54. The highest BCUT2D eigenvalue weighted by Gasteiger charge is 2.16. The van der Waals surface area contributed by atoms with E-state index in [9.17, 15) is 4.79 Å². The number of hydrogen-bond acceptors (Lipinski definition) is 1. The Morgan fingerprint density at radius 2 is 1.85 bits per heavy atom. The van der Waals surface area contributed by atoms with Crippen molar-refractivity contribution in [1.29, 1.82) is 0 Å². The van der Waals surface area contributed by atoms with Crippen molar-refractivity contribution in [1.82, 2.24) is 4.57 Å². The molecule has 0 aliphatic carbocycles. The van der Waals surface area contributed by atoms with Crippen molar-refractivity contribution in [3.63, 3.8) is 0 Å². The zero-order chi connectivity index (χ0) is 14.9. The summed E-state index contributed by atoms with van der Waals surface area (Å²) >= 11 is 10.2. The Bertz CT molecular complexity index is 650. The molecule has 0 bridgehead atoms. The summed E-state index contributed by atoms with van der Waals surface area (Å²) in [6.07, 6.45) is 1.91. The number of halogens is 3. The molecule has 2 aromatic rings. The lowest BCUT2D eigenvalue weighted by Gasteiger charge is -2.13. The number of aromatic nitrogens is 1. The van der Waals surface area contributed by atoms with Crippen LogP contribution in [0.15, 0.2) is 43.9 Å². The largest absolute Gasteiger partial charge is 0.340 e. The SMILES string of the molecule is CC(C)n1cc(Br)cc1C(=O)Nc1cc(Br)ccc1Br. The molecule has 1 aromatic heterocycles. The van der Waals surface area contributed by atoms with Crippen LogP contribution in [0.2, 0.25) is 0 Å². The molecule has 0 saturated heterocycles. The number of nitrogens with zero attached hydrogens (tertiary/aromatic N) is 1. The van der Waals surface area contributed by atoms with Crippen LogP contribution >= 0.6 is 47.8 Å².